The normalized spacial score (nSPS) is 10.0. The Kier molecular flexibility index (Phi) is 6.39. The maximum atomic E-state index is 12.3. The Labute approximate surface area is 146 Å². The third-order valence-corrected chi connectivity index (χ3v) is 3.51. The van der Waals surface area contributed by atoms with Crippen molar-refractivity contribution >= 4 is 11.8 Å². The first kappa shape index (κ1) is 18.3. The molecule has 2 aromatic rings. The Balaban J connectivity index is 1.91. The molecule has 0 saturated carbocycles. The van der Waals surface area contributed by atoms with Crippen LogP contribution in [0.3, 0.4) is 0 Å². The summed E-state index contributed by atoms with van der Waals surface area (Å²) in [7, 11) is 2.96. The maximum absolute atomic E-state index is 12.3. The average Bonchev–Trinajstić information content (AvgIpc) is 2.64. The molecule has 0 amide bonds. The molecule has 132 valence electrons. The van der Waals surface area contributed by atoms with Gasteiger partial charge in [0.25, 0.3) is 0 Å². The number of ketones is 1. The second-order valence-electron chi connectivity index (χ2n) is 5.20. The van der Waals surface area contributed by atoms with Crippen LogP contribution in [0.1, 0.15) is 15.9 Å². The Morgan fingerprint density at radius 2 is 1.68 bits per heavy atom. The van der Waals surface area contributed by atoms with Crippen molar-refractivity contribution in [3.05, 3.63) is 53.6 Å². The topological polar surface area (TPSA) is 71.1 Å². The SMILES string of the molecule is COc1ccc(OC)c(C(=O)COC(=O)COc2ccccc2C)c1. The predicted molar refractivity (Wildman–Crippen MR) is 91.5 cm³/mol. The maximum Gasteiger partial charge on any atom is 0.344 e. The number of esters is 1. The minimum absolute atomic E-state index is 0.270. The van der Waals surface area contributed by atoms with E-state index >= 15 is 0 Å². The van der Waals surface area contributed by atoms with Gasteiger partial charge in [0, 0.05) is 0 Å². The van der Waals surface area contributed by atoms with Crippen LogP contribution in [0.4, 0.5) is 0 Å². The van der Waals surface area contributed by atoms with Crippen LogP contribution in [0.2, 0.25) is 0 Å². The van der Waals surface area contributed by atoms with Gasteiger partial charge in [-0.25, -0.2) is 4.79 Å². The zero-order valence-electron chi connectivity index (χ0n) is 14.4. The van der Waals surface area contributed by atoms with Crippen molar-refractivity contribution in [1.82, 2.24) is 0 Å². The quantitative estimate of drug-likeness (QED) is 0.542. The summed E-state index contributed by atoms with van der Waals surface area (Å²) in [6, 6.07) is 12.2. The van der Waals surface area contributed by atoms with Gasteiger partial charge >= 0.3 is 5.97 Å². The van der Waals surface area contributed by atoms with E-state index in [-0.39, 0.29) is 18.0 Å². The lowest BCUT2D eigenvalue weighted by Gasteiger charge is -2.11. The van der Waals surface area contributed by atoms with Crippen LogP contribution in [0, 0.1) is 6.92 Å². The minimum atomic E-state index is -0.626. The van der Waals surface area contributed by atoms with Crippen LogP contribution in [0.15, 0.2) is 42.5 Å². The molecule has 0 fully saturated rings. The molecule has 0 spiro atoms. The van der Waals surface area contributed by atoms with Gasteiger partial charge in [-0.1, -0.05) is 18.2 Å². The molecular formula is C19H20O6. The largest absolute Gasteiger partial charge is 0.497 e. The standard InChI is InChI=1S/C19H20O6/c1-13-6-4-5-7-17(13)24-12-19(21)25-11-16(20)15-10-14(22-2)8-9-18(15)23-3/h4-10H,11-12H2,1-3H3. The number of para-hydroxylation sites is 1. The number of Topliss-reactive ketones (excluding diaryl/α,β-unsaturated/α-hetero) is 1. The number of aryl methyl sites for hydroxylation is 1. The number of methoxy groups -OCH3 is 2. The van der Waals surface area contributed by atoms with Gasteiger partial charge in [0.05, 0.1) is 19.8 Å². The number of carbonyl (C=O) groups is 2. The van der Waals surface area contributed by atoms with E-state index < -0.39 is 12.6 Å². The van der Waals surface area contributed by atoms with E-state index in [1.54, 1.807) is 24.3 Å². The van der Waals surface area contributed by atoms with Gasteiger partial charge in [-0.05, 0) is 36.8 Å². The van der Waals surface area contributed by atoms with Gasteiger partial charge in [-0.2, -0.15) is 0 Å². The lowest BCUT2D eigenvalue weighted by atomic mass is 10.1. The number of rotatable bonds is 8. The number of carbonyl (C=O) groups excluding carboxylic acids is 2. The van der Waals surface area contributed by atoms with Gasteiger partial charge in [0.1, 0.15) is 17.2 Å². The van der Waals surface area contributed by atoms with E-state index in [1.807, 2.05) is 25.1 Å². The summed E-state index contributed by atoms with van der Waals surface area (Å²) in [6.45, 7) is 1.20. The minimum Gasteiger partial charge on any atom is -0.497 e. The Hall–Kier alpha value is -3.02. The summed E-state index contributed by atoms with van der Waals surface area (Å²) < 4.78 is 20.6. The molecule has 0 saturated heterocycles. The zero-order valence-corrected chi connectivity index (χ0v) is 14.4. The van der Waals surface area contributed by atoms with Crippen molar-refractivity contribution in [3.63, 3.8) is 0 Å². The highest BCUT2D eigenvalue weighted by molar-refractivity contribution is 6.00. The molecule has 6 nitrogen and oxygen atoms in total. The van der Waals surface area contributed by atoms with E-state index in [9.17, 15) is 9.59 Å². The van der Waals surface area contributed by atoms with Crippen molar-refractivity contribution in [2.75, 3.05) is 27.4 Å². The fourth-order valence-corrected chi connectivity index (χ4v) is 2.15. The summed E-state index contributed by atoms with van der Waals surface area (Å²) in [5.74, 6) is 0.482. The number of hydrogen-bond acceptors (Lipinski definition) is 6. The van der Waals surface area contributed by atoms with Crippen molar-refractivity contribution < 1.29 is 28.5 Å². The fourth-order valence-electron chi connectivity index (χ4n) is 2.15. The van der Waals surface area contributed by atoms with E-state index in [4.69, 9.17) is 18.9 Å². The molecule has 0 N–H and O–H groups in total. The van der Waals surface area contributed by atoms with Crippen LogP contribution in [-0.4, -0.2) is 39.2 Å². The highest BCUT2D eigenvalue weighted by Gasteiger charge is 2.16. The molecule has 0 heterocycles. The molecule has 6 heteroatoms. The molecule has 25 heavy (non-hydrogen) atoms. The predicted octanol–water partition coefficient (Wildman–Crippen LogP) is 2.82. The first-order chi connectivity index (χ1) is 12.0. The van der Waals surface area contributed by atoms with Crippen LogP contribution in [0.25, 0.3) is 0 Å². The second-order valence-corrected chi connectivity index (χ2v) is 5.20. The Morgan fingerprint density at radius 1 is 0.920 bits per heavy atom. The van der Waals surface area contributed by atoms with E-state index in [2.05, 4.69) is 0 Å². The number of ether oxygens (including phenoxy) is 4. The molecule has 2 aromatic carbocycles. The van der Waals surface area contributed by atoms with Gasteiger partial charge in [0.15, 0.2) is 13.2 Å². The Morgan fingerprint density at radius 3 is 2.36 bits per heavy atom. The average molecular weight is 344 g/mol. The second kappa shape index (κ2) is 8.73. The van der Waals surface area contributed by atoms with Crippen molar-refractivity contribution in [1.29, 1.82) is 0 Å². The van der Waals surface area contributed by atoms with Crippen molar-refractivity contribution in [3.8, 4) is 17.2 Å². The highest BCUT2D eigenvalue weighted by Crippen LogP contribution is 2.24. The molecule has 0 aliphatic rings. The lowest BCUT2D eigenvalue weighted by molar-refractivity contribution is -0.144. The Bertz CT molecular complexity index is 753. The lowest BCUT2D eigenvalue weighted by Crippen LogP contribution is -2.20. The van der Waals surface area contributed by atoms with Crippen molar-refractivity contribution in [2.45, 2.75) is 6.92 Å². The van der Waals surface area contributed by atoms with Crippen molar-refractivity contribution in [2.24, 2.45) is 0 Å². The van der Waals surface area contributed by atoms with Crippen LogP contribution in [0.5, 0.6) is 17.2 Å². The van der Waals surface area contributed by atoms with Gasteiger partial charge in [0.2, 0.25) is 5.78 Å². The fraction of sp³-hybridized carbons (Fsp3) is 0.263. The summed E-state index contributed by atoms with van der Waals surface area (Å²) >= 11 is 0. The van der Waals surface area contributed by atoms with Gasteiger partial charge in [-0.15, -0.1) is 0 Å². The highest BCUT2D eigenvalue weighted by atomic mass is 16.6. The first-order valence-corrected chi connectivity index (χ1v) is 7.64. The molecule has 0 unspecified atom stereocenters. The van der Waals surface area contributed by atoms with Crippen LogP contribution < -0.4 is 14.2 Å². The smallest absolute Gasteiger partial charge is 0.344 e. The van der Waals surface area contributed by atoms with Crippen LogP contribution in [-0.2, 0) is 9.53 Å². The van der Waals surface area contributed by atoms with E-state index in [1.165, 1.54) is 14.2 Å². The molecule has 0 aliphatic heterocycles. The molecule has 2 rings (SSSR count). The molecule has 0 aliphatic carbocycles. The van der Waals surface area contributed by atoms with Gasteiger partial charge < -0.3 is 18.9 Å². The monoisotopic (exact) mass is 344 g/mol. The first-order valence-electron chi connectivity index (χ1n) is 7.64. The molecule has 0 radical (unpaired) electrons. The summed E-state index contributed by atoms with van der Waals surface area (Å²) in [5.41, 5.74) is 1.20. The van der Waals surface area contributed by atoms with Crippen LogP contribution >= 0.6 is 0 Å². The zero-order chi connectivity index (χ0) is 18.2. The van der Waals surface area contributed by atoms with Gasteiger partial charge in [-0.3, -0.25) is 4.79 Å². The third kappa shape index (κ3) is 4.97. The summed E-state index contributed by atoms with van der Waals surface area (Å²) in [6.07, 6.45) is 0. The number of benzene rings is 2. The number of hydrogen-bond donors (Lipinski definition) is 0. The third-order valence-electron chi connectivity index (χ3n) is 3.51. The molecule has 0 aromatic heterocycles. The molecule has 0 atom stereocenters. The van der Waals surface area contributed by atoms with E-state index in [0.717, 1.165) is 5.56 Å². The molecule has 0 bridgehead atoms. The van der Waals surface area contributed by atoms with E-state index in [0.29, 0.717) is 17.2 Å². The summed E-state index contributed by atoms with van der Waals surface area (Å²) in [4.78, 5) is 24.1. The molecular weight excluding hydrogens is 324 g/mol. The summed E-state index contributed by atoms with van der Waals surface area (Å²) in [5, 5.41) is 0.